The van der Waals surface area contributed by atoms with Crippen LogP contribution in [0.4, 0.5) is 0 Å². The number of rotatable bonds is 3. The molecule has 2 N–H and O–H groups in total. The second kappa shape index (κ2) is 3.43. The first-order valence-corrected chi connectivity index (χ1v) is 5.57. The van der Waals surface area contributed by atoms with Crippen LogP contribution in [-0.2, 0) is 19.1 Å². The van der Waals surface area contributed by atoms with Crippen molar-refractivity contribution in [1.29, 1.82) is 0 Å². The second-order valence-electron chi connectivity index (χ2n) is 5.10. The van der Waals surface area contributed by atoms with Gasteiger partial charge in [0.1, 0.15) is 0 Å². The van der Waals surface area contributed by atoms with Gasteiger partial charge in [0.2, 0.25) is 5.54 Å². The Bertz CT molecular complexity index is 382. The van der Waals surface area contributed by atoms with Gasteiger partial charge in [0.25, 0.3) is 5.91 Å². The lowest BCUT2D eigenvalue weighted by molar-refractivity contribution is -0.246. The molecular formula is C11H17NO5. The molecule has 0 radical (unpaired) electrons. The zero-order valence-corrected chi connectivity index (χ0v) is 10.3. The summed E-state index contributed by atoms with van der Waals surface area (Å²) in [5.74, 6) is -1.22. The van der Waals surface area contributed by atoms with Crippen molar-refractivity contribution in [3.05, 3.63) is 0 Å². The molecule has 0 aliphatic carbocycles. The third-order valence-electron chi connectivity index (χ3n) is 3.78. The summed E-state index contributed by atoms with van der Waals surface area (Å²) < 4.78 is 10.2. The van der Waals surface area contributed by atoms with Gasteiger partial charge in [-0.25, -0.2) is 4.79 Å². The predicted molar refractivity (Wildman–Crippen MR) is 57.0 cm³/mol. The Hall–Kier alpha value is -1.14. The standard InChI is InChI=1S/C11H17NO5/c1-5(2)6(13)11-9(15)17-10(11,3)7(16-4)8(14)12-11/h5-7,13H,1-4H3,(H,12,14)/t6-,7?,10-,11-/m0/s1. The van der Waals surface area contributed by atoms with Gasteiger partial charge in [-0.15, -0.1) is 0 Å². The van der Waals surface area contributed by atoms with Crippen molar-refractivity contribution in [1.82, 2.24) is 5.32 Å². The Morgan fingerprint density at radius 2 is 2.06 bits per heavy atom. The fourth-order valence-corrected chi connectivity index (χ4v) is 2.78. The summed E-state index contributed by atoms with van der Waals surface area (Å²) in [4.78, 5) is 23.5. The number of esters is 1. The van der Waals surface area contributed by atoms with E-state index in [-0.39, 0.29) is 5.92 Å². The first-order valence-electron chi connectivity index (χ1n) is 5.57. The number of carbonyl (C=O) groups excluding carboxylic acids is 2. The smallest absolute Gasteiger partial charge is 0.339 e. The lowest BCUT2D eigenvalue weighted by atomic mass is 9.69. The minimum absolute atomic E-state index is 0.182. The van der Waals surface area contributed by atoms with Gasteiger partial charge in [-0.3, -0.25) is 4.79 Å². The van der Waals surface area contributed by atoms with Crippen LogP contribution in [-0.4, -0.2) is 47.4 Å². The summed E-state index contributed by atoms with van der Waals surface area (Å²) in [7, 11) is 1.37. The van der Waals surface area contributed by atoms with Crippen molar-refractivity contribution in [2.24, 2.45) is 5.92 Å². The number of carbonyl (C=O) groups is 2. The highest BCUT2D eigenvalue weighted by Crippen LogP contribution is 2.49. The number of nitrogens with one attached hydrogen (secondary N) is 1. The molecular weight excluding hydrogens is 226 g/mol. The fourth-order valence-electron chi connectivity index (χ4n) is 2.78. The Morgan fingerprint density at radius 1 is 1.47 bits per heavy atom. The van der Waals surface area contributed by atoms with Crippen molar-refractivity contribution in [3.63, 3.8) is 0 Å². The van der Waals surface area contributed by atoms with Crippen molar-refractivity contribution >= 4 is 11.9 Å². The molecule has 6 nitrogen and oxygen atoms in total. The maximum absolute atomic E-state index is 11.8. The molecule has 6 heteroatoms. The molecule has 2 rings (SSSR count). The van der Waals surface area contributed by atoms with E-state index in [2.05, 4.69) is 5.32 Å². The van der Waals surface area contributed by atoms with Crippen LogP contribution in [0.3, 0.4) is 0 Å². The van der Waals surface area contributed by atoms with Crippen molar-refractivity contribution in [2.75, 3.05) is 7.11 Å². The lowest BCUT2D eigenvalue weighted by Gasteiger charge is -2.53. The number of hydrogen-bond acceptors (Lipinski definition) is 5. The second-order valence-corrected chi connectivity index (χ2v) is 5.10. The van der Waals surface area contributed by atoms with Crippen LogP contribution >= 0.6 is 0 Å². The molecule has 2 aliphatic heterocycles. The quantitative estimate of drug-likeness (QED) is 0.634. The first kappa shape index (κ1) is 12.3. The topological polar surface area (TPSA) is 84.9 Å². The molecule has 0 bridgehead atoms. The van der Waals surface area contributed by atoms with Crippen LogP contribution in [0.5, 0.6) is 0 Å². The maximum Gasteiger partial charge on any atom is 0.339 e. The van der Waals surface area contributed by atoms with Gasteiger partial charge in [-0.1, -0.05) is 13.8 Å². The van der Waals surface area contributed by atoms with Gasteiger partial charge in [0, 0.05) is 7.11 Å². The normalized spacial score (nSPS) is 41.6. The van der Waals surface area contributed by atoms with E-state index in [1.807, 2.05) is 0 Å². The molecule has 96 valence electrons. The van der Waals surface area contributed by atoms with Crippen molar-refractivity contribution < 1.29 is 24.2 Å². The number of amides is 1. The van der Waals surface area contributed by atoms with Crippen LogP contribution in [0, 0.1) is 5.92 Å². The highest BCUT2D eigenvalue weighted by atomic mass is 16.6. The van der Waals surface area contributed by atoms with Crippen molar-refractivity contribution in [2.45, 2.75) is 44.1 Å². The largest absolute Gasteiger partial charge is 0.451 e. The molecule has 2 heterocycles. The summed E-state index contributed by atoms with van der Waals surface area (Å²) >= 11 is 0. The number of ether oxygens (including phenoxy) is 2. The van der Waals surface area contributed by atoms with E-state index < -0.39 is 35.2 Å². The summed E-state index contributed by atoms with van der Waals surface area (Å²) in [6, 6.07) is 0. The molecule has 4 atom stereocenters. The minimum Gasteiger partial charge on any atom is -0.451 e. The summed E-state index contributed by atoms with van der Waals surface area (Å²) in [5, 5.41) is 12.8. The van der Waals surface area contributed by atoms with Gasteiger partial charge >= 0.3 is 5.97 Å². The van der Waals surface area contributed by atoms with E-state index in [0.717, 1.165) is 0 Å². The molecule has 2 fully saturated rings. The van der Waals surface area contributed by atoms with Crippen molar-refractivity contribution in [3.8, 4) is 0 Å². The number of aliphatic hydroxyl groups excluding tert-OH is 1. The minimum atomic E-state index is -1.38. The number of aliphatic hydroxyl groups is 1. The summed E-state index contributed by atoms with van der Waals surface area (Å²) in [6.45, 7) is 5.15. The highest BCUT2D eigenvalue weighted by molar-refractivity contribution is 6.03. The van der Waals surface area contributed by atoms with Crippen LogP contribution in [0.2, 0.25) is 0 Å². The fraction of sp³-hybridized carbons (Fsp3) is 0.818. The highest BCUT2D eigenvalue weighted by Gasteiger charge is 2.80. The Morgan fingerprint density at radius 3 is 2.47 bits per heavy atom. The molecule has 0 aromatic heterocycles. The average Bonchev–Trinajstić information content (AvgIpc) is 2.41. The SMILES string of the molecule is COC1C(=O)N[C@@]2([C@@H](O)C(C)C)C(=O)O[C@@]12C. The van der Waals surface area contributed by atoms with Crippen LogP contribution < -0.4 is 5.32 Å². The summed E-state index contributed by atoms with van der Waals surface area (Å²) in [6.07, 6.45) is -1.88. The van der Waals surface area contributed by atoms with E-state index in [1.165, 1.54) is 7.11 Å². The van der Waals surface area contributed by atoms with E-state index in [4.69, 9.17) is 9.47 Å². The average molecular weight is 243 g/mol. The van der Waals surface area contributed by atoms with E-state index in [1.54, 1.807) is 20.8 Å². The van der Waals surface area contributed by atoms with E-state index in [0.29, 0.717) is 0 Å². The number of methoxy groups -OCH3 is 1. The van der Waals surface area contributed by atoms with Gasteiger partial charge in [-0.05, 0) is 12.8 Å². The van der Waals surface area contributed by atoms with E-state index in [9.17, 15) is 14.7 Å². The molecule has 1 amide bonds. The lowest BCUT2D eigenvalue weighted by Crippen LogP contribution is -2.80. The third-order valence-corrected chi connectivity index (χ3v) is 3.78. The van der Waals surface area contributed by atoms with Gasteiger partial charge in [0.05, 0.1) is 6.10 Å². The molecule has 0 saturated carbocycles. The molecule has 17 heavy (non-hydrogen) atoms. The van der Waals surface area contributed by atoms with E-state index >= 15 is 0 Å². The van der Waals surface area contributed by atoms with Crippen LogP contribution in [0.15, 0.2) is 0 Å². The monoisotopic (exact) mass is 243 g/mol. The zero-order chi connectivity index (χ0) is 13.0. The number of hydrogen-bond donors (Lipinski definition) is 2. The van der Waals surface area contributed by atoms with Crippen LogP contribution in [0.1, 0.15) is 20.8 Å². The van der Waals surface area contributed by atoms with Gasteiger partial charge in [-0.2, -0.15) is 0 Å². The van der Waals surface area contributed by atoms with Gasteiger partial charge in [0.15, 0.2) is 11.7 Å². The molecule has 2 saturated heterocycles. The third kappa shape index (κ3) is 1.17. The Kier molecular flexibility index (Phi) is 2.48. The Balaban J connectivity index is 2.45. The molecule has 0 spiro atoms. The Labute approximate surface area is 99.3 Å². The zero-order valence-electron chi connectivity index (χ0n) is 10.3. The van der Waals surface area contributed by atoms with Crippen LogP contribution in [0.25, 0.3) is 0 Å². The van der Waals surface area contributed by atoms with Gasteiger partial charge < -0.3 is 19.9 Å². The molecule has 0 aromatic rings. The molecule has 1 unspecified atom stereocenters. The maximum atomic E-state index is 11.8. The summed E-state index contributed by atoms with van der Waals surface area (Å²) in [5.41, 5.74) is -2.52. The number of fused-ring (bicyclic) bond motifs is 1. The predicted octanol–water partition coefficient (Wildman–Crippen LogP) is -0.798. The molecule has 2 aliphatic rings. The molecule has 0 aromatic carbocycles. The first-order chi connectivity index (χ1) is 7.81.